The van der Waals surface area contributed by atoms with Gasteiger partial charge in [-0.25, -0.2) is 18.4 Å². The van der Waals surface area contributed by atoms with E-state index in [1.165, 1.54) is 24.3 Å². The Balaban J connectivity index is 2.46. The number of ether oxygens (including phenoxy) is 2. The van der Waals surface area contributed by atoms with Crippen molar-refractivity contribution in [3.8, 4) is 11.5 Å². The average molecular weight is 562 g/mol. The number of carbonyl (C=O) groups excluding carboxylic acids is 1. The number of hydrogen-bond acceptors (Lipinski definition) is 4. The number of hydrogen-bond donors (Lipinski definition) is 1. The van der Waals surface area contributed by atoms with Crippen molar-refractivity contribution in [2.75, 3.05) is 0 Å². The second-order valence-corrected chi connectivity index (χ2v) is 7.76. The van der Waals surface area contributed by atoms with Gasteiger partial charge in [0.05, 0.1) is 0 Å². The molecule has 0 aliphatic heterocycles. The van der Waals surface area contributed by atoms with E-state index in [2.05, 4.69) is 4.74 Å². The van der Waals surface area contributed by atoms with Gasteiger partial charge in [0, 0.05) is 3.57 Å². The highest BCUT2D eigenvalue weighted by Crippen LogP contribution is 2.35. The number of alkyl halides is 2. The summed E-state index contributed by atoms with van der Waals surface area (Å²) in [6, 6.07) is 5.44. The van der Waals surface area contributed by atoms with Crippen molar-refractivity contribution in [3.05, 3.63) is 56.7 Å². The third-order valence-corrected chi connectivity index (χ3v) is 4.66. The van der Waals surface area contributed by atoms with E-state index < -0.39 is 64.5 Å². The standard InChI is InChI=1S/C19H13F6IO5/c1-7(2)16(19(24,25)18(28)29)31-17(27)10-11(20)13(22)15(14(23)12(10)21)30-9-5-3-8(26)4-6-9/h3-7,16H,1-2H3,(H,28,29). The van der Waals surface area contributed by atoms with Gasteiger partial charge >= 0.3 is 17.9 Å². The summed E-state index contributed by atoms with van der Waals surface area (Å²) in [4.78, 5) is 22.8. The van der Waals surface area contributed by atoms with Gasteiger partial charge in [-0.15, -0.1) is 0 Å². The zero-order valence-electron chi connectivity index (χ0n) is 15.7. The molecule has 2 aromatic rings. The van der Waals surface area contributed by atoms with Gasteiger partial charge in [0.2, 0.25) is 17.4 Å². The largest absolute Gasteiger partial charge is 0.477 e. The maximum Gasteiger partial charge on any atom is 0.378 e. The maximum absolute atomic E-state index is 14.4. The monoisotopic (exact) mass is 562 g/mol. The lowest BCUT2D eigenvalue weighted by atomic mass is 10.0. The van der Waals surface area contributed by atoms with E-state index in [1.54, 1.807) is 0 Å². The second-order valence-electron chi connectivity index (χ2n) is 6.51. The summed E-state index contributed by atoms with van der Waals surface area (Å²) in [7, 11) is 0. The zero-order chi connectivity index (χ0) is 23.7. The van der Waals surface area contributed by atoms with Crippen molar-refractivity contribution < 1.29 is 50.5 Å². The molecule has 0 spiro atoms. The molecule has 0 saturated carbocycles. The zero-order valence-corrected chi connectivity index (χ0v) is 17.8. The van der Waals surface area contributed by atoms with Crippen LogP contribution in [-0.4, -0.2) is 29.1 Å². The molecule has 2 aromatic carbocycles. The van der Waals surface area contributed by atoms with Crippen LogP contribution in [-0.2, 0) is 9.53 Å². The topological polar surface area (TPSA) is 72.8 Å². The minimum absolute atomic E-state index is 0.187. The molecule has 1 N–H and O–H groups in total. The van der Waals surface area contributed by atoms with E-state index in [9.17, 15) is 35.9 Å². The number of rotatable bonds is 7. The Labute approximate surface area is 185 Å². The Kier molecular flexibility index (Phi) is 7.44. The van der Waals surface area contributed by atoms with Crippen molar-refractivity contribution in [2.24, 2.45) is 5.92 Å². The van der Waals surface area contributed by atoms with Crippen LogP contribution in [0.4, 0.5) is 26.3 Å². The van der Waals surface area contributed by atoms with E-state index in [0.29, 0.717) is 0 Å². The van der Waals surface area contributed by atoms with Crippen LogP contribution in [0.15, 0.2) is 24.3 Å². The van der Waals surface area contributed by atoms with Crippen molar-refractivity contribution >= 4 is 34.5 Å². The summed E-state index contributed by atoms with van der Waals surface area (Å²) in [5.41, 5.74) is -1.95. The fourth-order valence-electron chi connectivity index (χ4n) is 2.43. The minimum atomic E-state index is -4.64. The van der Waals surface area contributed by atoms with Crippen LogP contribution in [0.25, 0.3) is 0 Å². The van der Waals surface area contributed by atoms with Gasteiger partial charge in [0.1, 0.15) is 11.3 Å². The SMILES string of the molecule is CC(C)C(OC(=O)c1c(F)c(F)c(Oc2ccc(I)cc2)c(F)c1F)C(F)(F)C(=O)O. The Morgan fingerprint density at radius 3 is 1.87 bits per heavy atom. The summed E-state index contributed by atoms with van der Waals surface area (Å²) >= 11 is 1.92. The van der Waals surface area contributed by atoms with Crippen molar-refractivity contribution in [1.82, 2.24) is 0 Å². The molecule has 0 radical (unpaired) electrons. The molecule has 0 saturated heterocycles. The number of esters is 1. The van der Waals surface area contributed by atoms with Gasteiger partial charge in [-0.2, -0.15) is 17.6 Å². The fraction of sp³-hybridized carbons (Fsp3) is 0.263. The smallest absolute Gasteiger partial charge is 0.378 e. The summed E-state index contributed by atoms with van der Waals surface area (Å²) in [5.74, 6) is -21.3. The average Bonchev–Trinajstić information content (AvgIpc) is 2.69. The molecule has 0 aromatic heterocycles. The highest BCUT2D eigenvalue weighted by Gasteiger charge is 2.52. The number of aliphatic carboxylic acids is 1. The normalized spacial score (nSPS) is 12.6. The number of carbonyl (C=O) groups is 2. The first-order valence-corrected chi connectivity index (χ1v) is 9.48. The molecule has 1 atom stereocenters. The minimum Gasteiger partial charge on any atom is -0.477 e. The third kappa shape index (κ3) is 5.05. The van der Waals surface area contributed by atoms with Crippen LogP contribution in [0.5, 0.6) is 11.5 Å². The molecule has 0 amide bonds. The van der Waals surface area contributed by atoms with E-state index >= 15 is 0 Å². The van der Waals surface area contributed by atoms with Crippen molar-refractivity contribution in [2.45, 2.75) is 25.9 Å². The first-order valence-electron chi connectivity index (χ1n) is 8.40. The molecule has 31 heavy (non-hydrogen) atoms. The number of carboxylic acids is 1. The van der Waals surface area contributed by atoms with Gasteiger partial charge in [0.25, 0.3) is 0 Å². The summed E-state index contributed by atoms with van der Waals surface area (Å²) in [6.07, 6.45) is -2.68. The Morgan fingerprint density at radius 2 is 1.45 bits per heavy atom. The highest BCUT2D eigenvalue weighted by molar-refractivity contribution is 14.1. The molecule has 0 aliphatic carbocycles. The molecule has 1 unspecified atom stereocenters. The molecular formula is C19H13F6IO5. The number of carboxylic acid groups (broad SMARTS) is 1. The molecule has 12 heteroatoms. The fourth-order valence-corrected chi connectivity index (χ4v) is 2.79. The van der Waals surface area contributed by atoms with E-state index in [-0.39, 0.29) is 5.75 Å². The molecular weight excluding hydrogens is 549 g/mol. The third-order valence-electron chi connectivity index (χ3n) is 3.94. The van der Waals surface area contributed by atoms with Crippen LogP contribution >= 0.6 is 22.6 Å². The van der Waals surface area contributed by atoms with Crippen molar-refractivity contribution in [1.29, 1.82) is 0 Å². The first kappa shape index (κ1) is 24.8. The Morgan fingerprint density at radius 1 is 0.968 bits per heavy atom. The van der Waals surface area contributed by atoms with Crippen molar-refractivity contribution in [3.63, 3.8) is 0 Å². The van der Waals surface area contributed by atoms with Gasteiger partial charge in [-0.1, -0.05) is 13.8 Å². The molecule has 5 nitrogen and oxygen atoms in total. The number of benzene rings is 2. The van der Waals surface area contributed by atoms with E-state index in [1.807, 2.05) is 22.6 Å². The quantitative estimate of drug-likeness (QED) is 0.208. The number of halogens is 7. The molecule has 0 aliphatic rings. The lowest BCUT2D eigenvalue weighted by Crippen LogP contribution is -2.47. The summed E-state index contributed by atoms with van der Waals surface area (Å²) in [6.45, 7) is 2.08. The molecule has 168 valence electrons. The summed E-state index contributed by atoms with van der Waals surface area (Å²) < 4.78 is 94.8. The predicted molar refractivity (Wildman–Crippen MR) is 102 cm³/mol. The van der Waals surface area contributed by atoms with E-state index in [4.69, 9.17) is 9.84 Å². The second kappa shape index (κ2) is 9.32. The Hall–Kier alpha value is -2.51. The van der Waals surface area contributed by atoms with Gasteiger partial charge < -0.3 is 14.6 Å². The summed E-state index contributed by atoms with van der Waals surface area (Å²) in [5, 5.41) is 8.61. The molecule has 0 fully saturated rings. The van der Waals surface area contributed by atoms with Gasteiger partial charge in [-0.05, 0) is 52.8 Å². The maximum atomic E-state index is 14.4. The highest BCUT2D eigenvalue weighted by atomic mass is 127. The van der Waals surface area contributed by atoms with Gasteiger partial charge in [0.15, 0.2) is 17.7 Å². The van der Waals surface area contributed by atoms with Crippen LogP contribution in [0.3, 0.4) is 0 Å². The van der Waals surface area contributed by atoms with Crippen LogP contribution in [0, 0.1) is 32.8 Å². The van der Waals surface area contributed by atoms with Crippen LogP contribution < -0.4 is 4.74 Å². The predicted octanol–water partition coefficient (Wildman–Crippen LogP) is 5.54. The molecule has 0 bridgehead atoms. The Bertz CT molecular complexity index is 981. The molecule has 0 heterocycles. The lowest BCUT2D eigenvalue weighted by Gasteiger charge is -2.26. The molecule has 2 rings (SSSR count). The van der Waals surface area contributed by atoms with Crippen LogP contribution in [0.1, 0.15) is 24.2 Å². The lowest BCUT2D eigenvalue weighted by molar-refractivity contribution is -0.187. The van der Waals surface area contributed by atoms with Crippen LogP contribution in [0.2, 0.25) is 0 Å². The van der Waals surface area contributed by atoms with E-state index in [0.717, 1.165) is 17.4 Å². The van der Waals surface area contributed by atoms with Gasteiger partial charge in [-0.3, -0.25) is 0 Å². The first-order chi connectivity index (χ1) is 14.3.